The summed E-state index contributed by atoms with van der Waals surface area (Å²) in [7, 11) is 0. The second-order valence-corrected chi connectivity index (χ2v) is 8.20. The van der Waals surface area contributed by atoms with Crippen molar-refractivity contribution in [3.05, 3.63) is 69.5 Å². The fourth-order valence-electron chi connectivity index (χ4n) is 3.88. The average molecular weight is 437 g/mol. The highest BCUT2D eigenvalue weighted by molar-refractivity contribution is 6.39. The largest absolute Gasteiger partial charge is 0.441 e. The van der Waals surface area contributed by atoms with Crippen molar-refractivity contribution >= 4 is 35.2 Å². The van der Waals surface area contributed by atoms with Gasteiger partial charge in [-0.1, -0.05) is 47.5 Å². The van der Waals surface area contributed by atoms with Crippen molar-refractivity contribution in [3.63, 3.8) is 0 Å². The second-order valence-electron chi connectivity index (χ2n) is 7.39. The summed E-state index contributed by atoms with van der Waals surface area (Å²) in [5.74, 6) is -0.582. The third-order valence-electron chi connectivity index (χ3n) is 5.50. The molecule has 2 aromatic rings. The number of nitrogens with zero attached hydrogens (tertiary/aromatic N) is 2. The normalized spacial score (nSPS) is 18.2. The van der Waals surface area contributed by atoms with Crippen molar-refractivity contribution in [3.8, 4) is 0 Å². The van der Waals surface area contributed by atoms with Crippen molar-refractivity contribution in [2.45, 2.75) is 25.0 Å². The third-order valence-corrected chi connectivity index (χ3v) is 6.13. The van der Waals surface area contributed by atoms with Crippen molar-refractivity contribution in [1.82, 2.24) is 9.80 Å². The van der Waals surface area contributed by atoms with Gasteiger partial charge in [-0.25, -0.2) is 9.18 Å². The molecule has 2 fully saturated rings. The van der Waals surface area contributed by atoms with Crippen LogP contribution in [0.25, 0.3) is 0 Å². The van der Waals surface area contributed by atoms with Gasteiger partial charge in [0.25, 0.3) is 5.91 Å². The minimum absolute atomic E-state index is 0.158. The van der Waals surface area contributed by atoms with Crippen molar-refractivity contribution < 1.29 is 18.7 Å². The summed E-state index contributed by atoms with van der Waals surface area (Å²) >= 11 is 12.3. The molecule has 0 unspecified atom stereocenters. The molecule has 0 saturated carbocycles. The number of carbonyl (C=O) groups excluding carboxylic acids is 2. The molecule has 4 rings (SSSR count). The number of ether oxygens (including phenoxy) is 1. The fraction of sp³-hybridized carbons (Fsp3) is 0.333. The first-order valence-corrected chi connectivity index (χ1v) is 10.1. The number of amides is 2. The van der Waals surface area contributed by atoms with E-state index in [1.807, 2.05) is 0 Å². The Bertz CT molecular complexity index is 940. The minimum Gasteiger partial charge on any atom is -0.441 e. The van der Waals surface area contributed by atoms with E-state index in [9.17, 15) is 14.0 Å². The number of carbonyl (C=O) groups is 2. The number of halogens is 3. The van der Waals surface area contributed by atoms with Gasteiger partial charge in [-0.05, 0) is 18.2 Å². The van der Waals surface area contributed by atoms with Gasteiger partial charge in [0.05, 0.1) is 28.7 Å². The maximum atomic E-state index is 13.9. The number of hydrogen-bond donors (Lipinski definition) is 0. The average Bonchev–Trinajstić information content (AvgIpc) is 2.98. The summed E-state index contributed by atoms with van der Waals surface area (Å²) in [6, 6.07) is 11.3. The van der Waals surface area contributed by atoms with E-state index in [-0.39, 0.29) is 23.8 Å². The molecule has 2 aliphatic rings. The Hall–Kier alpha value is -2.31. The first kappa shape index (κ1) is 20.0. The Morgan fingerprint density at radius 1 is 1.07 bits per heavy atom. The van der Waals surface area contributed by atoms with Gasteiger partial charge >= 0.3 is 6.09 Å². The molecule has 0 N–H and O–H groups in total. The van der Waals surface area contributed by atoms with Crippen LogP contribution >= 0.6 is 23.2 Å². The van der Waals surface area contributed by atoms with E-state index < -0.39 is 11.7 Å². The zero-order valence-electron chi connectivity index (χ0n) is 15.5. The van der Waals surface area contributed by atoms with Gasteiger partial charge in [0.2, 0.25) is 0 Å². The molecule has 0 bridgehead atoms. The molecule has 0 atom stereocenters. The van der Waals surface area contributed by atoms with Crippen LogP contribution in [0.4, 0.5) is 9.18 Å². The van der Waals surface area contributed by atoms with Crippen LogP contribution in [0, 0.1) is 5.82 Å². The van der Waals surface area contributed by atoms with Gasteiger partial charge in [-0.2, -0.15) is 0 Å². The predicted molar refractivity (Wildman–Crippen MR) is 108 cm³/mol. The molecule has 0 aromatic heterocycles. The molecule has 0 radical (unpaired) electrons. The van der Waals surface area contributed by atoms with Crippen LogP contribution in [0.2, 0.25) is 10.0 Å². The van der Waals surface area contributed by atoms with Crippen LogP contribution in [-0.4, -0.2) is 47.0 Å². The molecule has 5 nitrogen and oxygen atoms in total. The van der Waals surface area contributed by atoms with E-state index in [1.54, 1.807) is 41.3 Å². The zero-order valence-corrected chi connectivity index (χ0v) is 17.0. The molecule has 0 aliphatic carbocycles. The van der Waals surface area contributed by atoms with E-state index in [4.69, 9.17) is 27.9 Å². The molecule has 152 valence electrons. The van der Waals surface area contributed by atoms with Crippen LogP contribution in [0.1, 0.15) is 28.8 Å². The molecule has 2 heterocycles. The Morgan fingerprint density at radius 3 is 2.38 bits per heavy atom. The van der Waals surface area contributed by atoms with Gasteiger partial charge < -0.3 is 9.64 Å². The lowest BCUT2D eigenvalue weighted by molar-refractivity contribution is 0.00314. The summed E-state index contributed by atoms with van der Waals surface area (Å²) in [5.41, 5.74) is 0.0718. The van der Waals surface area contributed by atoms with Gasteiger partial charge in [0.15, 0.2) is 0 Å². The highest BCUT2D eigenvalue weighted by Crippen LogP contribution is 2.35. The molecule has 8 heteroatoms. The van der Waals surface area contributed by atoms with Gasteiger partial charge in [0.1, 0.15) is 11.4 Å². The summed E-state index contributed by atoms with van der Waals surface area (Å²) in [6.45, 7) is 1.36. The van der Waals surface area contributed by atoms with E-state index in [0.29, 0.717) is 48.1 Å². The number of piperidine rings is 1. The highest BCUT2D eigenvalue weighted by atomic mass is 35.5. The highest BCUT2D eigenvalue weighted by Gasteiger charge is 2.47. The van der Waals surface area contributed by atoms with Crippen molar-refractivity contribution in [1.29, 1.82) is 0 Å². The maximum Gasteiger partial charge on any atom is 0.410 e. The van der Waals surface area contributed by atoms with Gasteiger partial charge in [-0.15, -0.1) is 0 Å². The topological polar surface area (TPSA) is 49.9 Å². The minimum atomic E-state index is -0.663. The first-order chi connectivity index (χ1) is 13.9. The summed E-state index contributed by atoms with van der Waals surface area (Å²) in [4.78, 5) is 28.4. The number of rotatable bonds is 3. The van der Waals surface area contributed by atoms with Crippen LogP contribution in [0.15, 0.2) is 42.5 Å². The predicted octanol–water partition coefficient (Wildman–Crippen LogP) is 4.76. The van der Waals surface area contributed by atoms with E-state index in [2.05, 4.69) is 0 Å². The molecular weight excluding hydrogens is 418 g/mol. The monoisotopic (exact) mass is 436 g/mol. The van der Waals surface area contributed by atoms with E-state index >= 15 is 0 Å². The summed E-state index contributed by atoms with van der Waals surface area (Å²) in [6.07, 6.45) is 0.544. The Balaban J connectivity index is 1.42. The zero-order chi connectivity index (χ0) is 20.6. The standard InChI is InChI=1S/C21H19Cl2FN2O3/c22-15-5-3-6-16(23)18(15)19(27)25-10-8-21(9-11-25)13-26(20(28)29-21)12-14-4-1-2-7-17(14)24/h1-7H,8-13H2. The van der Waals surface area contributed by atoms with Crippen LogP contribution < -0.4 is 0 Å². The van der Waals surface area contributed by atoms with Crippen molar-refractivity contribution in [2.75, 3.05) is 19.6 Å². The lowest BCUT2D eigenvalue weighted by atomic mass is 9.91. The van der Waals surface area contributed by atoms with E-state index in [1.165, 1.54) is 11.0 Å². The van der Waals surface area contributed by atoms with Crippen LogP contribution in [0.3, 0.4) is 0 Å². The Kier molecular flexibility index (Phi) is 5.40. The smallest absolute Gasteiger partial charge is 0.410 e. The molecule has 2 saturated heterocycles. The fourth-order valence-corrected chi connectivity index (χ4v) is 4.44. The first-order valence-electron chi connectivity index (χ1n) is 9.33. The van der Waals surface area contributed by atoms with Crippen LogP contribution in [0.5, 0.6) is 0 Å². The SMILES string of the molecule is O=C1OC2(CCN(C(=O)c3c(Cl)cccc3Cl)CC2)CN1Cc1ccccc1F. The Morgan fingerprint density at radius 2 is 1.72 bits per heavy atom. The molecule has 29 heavy (non-hydrogen) atoms. The molecule has 1 spiro atoms. The number of benzene rings is 2. The summed E-state index contributed by atoms with van der Waals surface area (Å²) in [5, 5.41) is 0.622. The lowest BCUT2D eigenvalue weighted by Gasteiger charge is -2.37. The van der Waals surface area contributed by atoms with Crippen LogP contribution in [-0.2, 0) is 11.3 Å². The molecule has 2 aromatic carbocycles. The number of hydrogen-bond acceptors (Lipinski definition) is 3. The molecule has 2 amide bonds. The van der Waals surface area contributed by atoms with Gasteiger partial charge in [0, 0.05) is 31.5 Å². The maximum absolute atomic E-state index is 13.9. The second kappa shape index (κ2) is 7.84. The van der Waals surface area contributed by atoms with Gasteiger partial charge in [-0.3, -0.25) is 9.69 Å². The quantitative estimate of drug-likeness (QED) is 0.696. The third kappa shape index (κ3) is 3.91. The molecule has 2 aliphatic heterocycles. The lowest BCUT2D eigenvalue weighted by Crippen LogP contribution is -2.48. The summed E-state index contributed by atoms with van der Waals surface area (Å²) < 4.78 is 19.6. The Labute approximate surface area is 177 Å². The van der Waals surface area contributed by atoms with Crippen molar-refractivity contribution in [2.24, 2.45) is 0 Å². The number of likely N-dealkylation sites (tertiary alicyclic amines) is 1. The molecular formula is C21H19Cl2FN2O3. The van der Waals surface area contributed by atoms with E-state index in [0.717, 1.165) is 0 Å².